The second-order valence-corrected chi connectivity index (χ2v) is 9.32. The Morgan fingerprint density at radius 1 is 1.42 bits per heavy atom. The predicted molar refractivity (Wildman–Crippen MR) is 112 cm³/mol. The number of carbonyl (C=O) groups excluding carboxylic acids is 2. The number of likely N-dealkylation sites (N-methyl/N-ethyl adjacent to an activating group) is 1. The maximum atomic E-state index is 12.2. The van der Waals surface area contributed by atoms with Crippen molar-refractivity contribution in [2.75, 3.05) is 13.6 Å². The maximum Gasteiger partial charge on any atom is 0.269 e. The van der Waals surface area contributed by atoms with Crippen molar-refractivity contribution in [2.24, 2.45) is 23.0 Å². The van der Waals surface area contributed by atoms with Crippen LogP contribution in [0.5, 0.6) is 0 Å². The fourth-order valence-corrected chi connectivity index (χ4v) is 5.22. The third-order valence-corrected chi connectivity index (χ3v) is 7.56. The van der Waals surface area contributed by atoms with Crippen molar-refractivity contribution in [3.63, 3.8) is 0 Å². The van der Waals surface area contributed by atoms with Gasteiger partial charge in [0.2, 0.25) is 5.60 Å². The average molecular weight is 419 g/mol. The topological polar surface area (TPSA) is 114 Å². The van der Waals surface area contributed by atoms with Crippen LogP contribution in [-0.2, 0) is 17.6 Å². The SMILES string of the molecule is CC1C2Cc3c(C(N)=O)nn(-c4cc(C#CC5(O)CCN(C)C5=O)ccn4)c3CC12C. The molecule has 3 aliphatic rings. The monoisotopic (exact) mass is 419 g/mol. The normalized spacial score (nSPS) is 31.0. The molecule has 2 fully saturated rings. The van der Waals surface area contributed by atoms with E-state index in [1.54, 1.807) is 30.1 Å². The van der Waals surface area contributed by atoms with Crippen LogP contribution < -0.4 is 5.73 Å². The molecule has 4 atom stereocenters. The molecular formula is C23H25N5O3. The second-order valence-electron chi connectivity index (χ2n) is 9.32. The van der Waals surface area contributed by atoms with Crippen LogP contribution >= 0.6 is 0 Å². The first kappa shape index (κ1) is 19.8. The third-order valence-electron chi connectivity index (χ3n) is 7.56. The highest BCUT2D eigenvalue weighted by Crippen LogP contribution is 2.64. The minimum absolute atomic E-state index is 0.204. The number of fused-ring (bicyclic) bond motifs is 2. The molecule has 0 radical (unpaired) electrons. The van der Waals surface area contributed by atoms with Gasteiger partial charge in [-0.15, -0.1) is 0 Å². The molecule has 0 spiro atoms. The summed E-state index contributed by atoms with van der Waals surface area (Å²) in [6, 6.07) is 3.47. The van der Waals surface area contributed by atoms with Gasteiger partial charge < -0.3 is 15.7 Å². The van der Waals surface area contributed by atoms with Crippen LogP contribution in [0, 0.1) is 29.1 Å². The standard InChI is InChI=1S/C23H25N5O3/c1-13-16-11-15-17(12-22(13,16)2)28(26-19(15)20(24)29)18-10-14(5-8-25-18)4-6-23(31)7-9-27(3)21(23)30/h5,8,10,13,16,31H,7,9,11-12H2,1-3H3,(H2,24,29). The van der Waals surface area contributed by atoms with Crippen molar-refractivity contribution in [1.29, 1.82) is 0 Å². The van der Waals surface area contributed by atoms with E-state index in [1.807, 2.05) is 0 Å². The zero-order valence-corrected chi connectivity index (χ0v) is 17.8. The van der Waals surface area contributed by atoms with Gasteiger partial charge in [-0.05, 0) is 42.2 Å². The zero-order valence-electron chi connectivity index (χ0n) is 17.8. The van der Waals surface area contributed by atoms with Crippen LogP contribution in [0.15, 0.2) is 18.3 Å². The molecule has 4 unspecified atom stereocenters. The zero-order chi connectivity index (χ0) is 22.1. The van der Waals surface area contributed by atoms with Crippen molar-refractivity contribution < 1.29 is 14.7 Å². The Morgan fingerprint density at radius 2 is 2.19 bits per heavy atom. The summed E-state index contributed by atoms with van der Waals surface area (Å²) in [4.78, 5) is 30.1. The number of amides is 2. The van der Waals surface area contributed by atoms with Crippen LogP contribution in [0.1, 0.15) is 47.6 Å². The highest BCUT2D eigenvalue weighted by molar-refractivity contribution is 5.93. The van der Waals surface area contributed by atoms with Gasteiger partial charge in [0.05, 0.1) is 5.69 Å². The molecule has 2 aliphatic carbocycles. The average Bonchev–Trinajstić information content (AvgIpc) is 3.00. The molecule has 1 aliphatic heterocycles. The summed E-state index contributed by atoms with van der Waals surface area (Å²) in [5, 5.41) is 15.0. The van der Waals surface area contributed by atoms with E-state index in [2.05, 4.69) is 35.8 Å². The summed E-state index contributed by atoms with van der Waals surface area (Å²) < 4.78 is 1.70. The number of hydrogen-bond donors (Lipinski definition) is 2. The predicted octanol–water partition coefficient (Wildman–Crippen LogP) is 0.682. The minimum atomic E-state index is -1.66. The van der Waals surface area contributed by atoms with E-state index in [4.69, 9.17) is 5.73 Å². The molecule has 1 saturated heterocycles. The third kappa shape index (κ3) is 2.87. The van der Waals surface area contributed by atoms with Gasteiger partial charge in [-0.25, -0.2) is 9.67 Å². The molecule has 0 bridgehead atoms. The molecule has 2 amide bonds. The Bertz CT molecular complexity index is 1190. The van der Waals surface area contributed by atoms with Gasteiger partial charge in [0.25, 0.3) is 11.8 Å². The summed E-state index contributed by atoms with van der Waals surface area (Å²) in [5.74, 6) is 6.38. The van der Waals surface area contributed by atoms with E-state index in [0.717, 1.165) is 24.1 Å². The Morgan fingerprint density at radius 3 is 2.87 bits per heavy atom. The molecule has 2 aromatic rings. The number of pyridine rings is 1. The molecule has 0 aromatic carbocycles. The molecular weight excluding hydrogens is 394 g/mol. The Balaban J connectivity index is 1.53. The molecule has 160 valence electrons. The first-order chi connectivity index (χ1) is 14.6. The number of aliphatic hydroxyl groups is 1. The fraction of sp³-hybridized carbons (Fsp3) is 0.478. The van der Waals surface area contributed by atoms with Gasteiger partial charge >= 0.3 is 0 Å². The number of rotatable bonds is 2. The van der Waals surface area contributed by atoms with E-state index in [0.29, 0.717) is 35.5 Å². The molecule has 8 heteroatoms. The van der Waals surface area contributed by atoms with Crippen molar-refractivity contribution in [3.8, 4) is 17.7 Å². The number of nitrogens with zero attached hydrogens (tertiary/aromatic N) is 4. The summed E-state index contributed by atoms with van der Waals surface area (Å²) in [5.41, 5.74) is 6.97. The van der Waals surface area contributed by atoms with Crippen LogP contribution in [0.2, 0.25) is 0 Å². The van der Waals surface area contributed by atoms with Gasteiger partial charge in [0.15, 0.2) is 11.5 Å². The highest BCUT2D eigenvalue weighted by atomic mass is 16.3. The van der Waals surface area contributed by atoms with E-state index in [1.165, 1.54) is 4.90 Å². The van der Waals surface area contributed by atoms with E-state index >= 15 is 0 Å². The van der Waals surface area contributed by atoms with Crippen molar-refractivity contribution in [3.05, 3.63) is 40.8 Å². The van der Waals surface area contributed by atoms with Gasteiger partial charge in [-0.1, -0.05) is 25.7 Å². The van der Waals surface area contributed by atoms with Crippen LogP contribution in [0.4, 0.5) is 0 Å². The number of aromatic nitrogens is 3. The van der Waals surface area contributed by atoms with Gasteiger partial charge in [0.1, 0.15) is 0 Å². The summed E-state index contributed by atoms with van der Waals surface area (Å²) in [6.45, 7) is 5.00. The molecule has 2 aromatic heterocycles. The first-order valence-corrected chi connectivity index (χ1v) is 10.5. The van der Waals surface area contributed by atoms with Crippen LogP contribution in [0.3, 0.4) is 0 Å². The van der Waals surface area contributed by atoms with Gasteiger partial charge in [0, 0.05) is 37.3 Å². The number of carbonyl (C=O) groups is 2. The molecule has 5 rings (SSSR count). The van der Waals surface area contributed by atoms with E-state index in [-0.39, 0.29) is 17.7 Å². The summed E-state index contributed by atoms with van der Waals surface area (Å²) in [6.07, 6.45) is 3.50. The summed E-state index contributed by atoms with van der Waals surface area (Å²) >= 11 is 0. The lowest BCUT2D eigenvalue weighted by molar-refractivity contribution is -0.137. The number of likely N-dealkylation sites (tertiary alicyclic amines) is 1. The second kappa shape index (κ2) is 6.41. The quantitative estimate of drug-likeness (QED) is 0.695. The Kier molecular flexibility index (Phi) is 4.09. The fourth-order valence-electron chi connectivity index (χ4n) is 5.22. The lowest BCUT2D eigenvalue weighted by Gasteiger charge is -2.19. The minimum Gasteiger partial charge on any atom is -0.369 e. The molecule has 8 nitrogen and oxygen atoms in total. The first-order valence-electron chi connectivity index (χ1n) is 10.5. The van der Waals surface area contributed by atoms with Gasteiger partial charge in [-0.3, -0.25) is 9.59 Å². The number of hydrogen-bond acceptors (Lipinski definition) is 5. The molecule has 1 saturated carbocycles. The smallest absolute Gasteiger partial charge is 0.269 e. The Hall–Kier alpha value is -3.18. The van der Waals surface area contributed by atoms with Crippen molar-refractivity contribution >= 4 is 11.8 Å². The molecule has 3 heterocycles. The largest absolute Gasteiger partial charge is 0.369 e. The van der Waals surface area contributed by atoms with Crippen LogP contribution in [-0.4, -0.2) is 55.8 Å². The highest BCUT2D eigenvalue weighted by Gasteiger charge is 2.61. The lowest BCUT2D eigenvalue weighted by atomic mass is 9.87. The van der Waals surface area contributed by atoms with Crippen molar-refractivity contribution in [1.82, 2.24) is 19.7 Å². The van der Waals surface area contributed by atoms with E-state index in [9.17, 15) is 14.7 Å². The lowest BCUT2D eigenvalue weighted by Crippen LogP contribution is -2.37. The number of nitrogens with two attached hydrogens (primary N) is 1. The van der Waals surface area contributed by atoms with Gasteiger partial charge in [-0.2, -0.15) is 5.10 Å². The summed E-state index contributed by atoms with van der Waals surface area (Å²) in [7, 11) is 1.65. The molecule has 31 heavy (non-hydrogen) atoms. The molecule has 3 N–H and O–H groups in total. The van der Waals surface area contributed by atoms with Crippen LogP contribution in [0.25, 0.3) is 5.82 Å². The maximum absolute atomic E-state index is 12.2. The number of primary amides is 1. The Labute approximate surface area is 180 Å². The van der Waals surface area contributed by atoms with Crippen molar-refractivity contribution in [2.45, 2.75) is 38.7 Å². The van der Waals surface area contributed by atoms with E-state index < -0.39 is 11.5 Å².